The number of nitrogens with two attached hydrogens (primary N) is 1. The average Bonchev–Trinajstić information content (AvgIpc) is 2.58. The van der Waals surface area contributed by atoms with Crippen LogP contribution in [0, 0.1) is 5.92 Å². The molecule has 2 rings (SSSR count). The Balaban J connectivity index is 2.10. The number of nitrogens with zero attached hydrogens (tertiary/aromatic N) is 2. The first-order valence-corrected chi connectivity index (χ1v) is 7.92. The fourth-order valence-corrected chi connectivity index (χ4v) is 2.96. The van der Waals surface area contributed by atoms with E-state index >= 15 is 0 Å². The van der Waals surface area contributed by atoms with Crippen LogP contribution in [0.1, 0.15) is 35.7 Å². The first kappa shape index (κ1) is 17.1. The Morgan fingerprint density at radius 1 is 1.48 bits per heavy atom. The topological polar surface area (TPSA) is 88.3 Å². The number of carbonyl (C=O) groups excluding carboxylic acids is 2. The van der Waals surface area contributed by atoms with Gasteiger partial charge in [0.15, 0.2) is 0 Å². The van der Waals surface area contributed by atoms with Crippen molar-refractivity contribution in [2.24, 2.45) is 11.7 Å². The van der Waals surface area contributed by atoms with Gasteiger partial charge in [-0.05, 0) is 36.5 Å². The fourth-order valence-electron chi connectivity index (χ4n) is 2.96. The lowest BCUT2D eigenvalue weighted by molar-refractivity contribution is -0.130. The molecule has 0 radical (unpaired) electrons. The Kier molecular flexibility index (Phi) is 5.87. The molecule has 6 nitrogen and oxygen atoms in total. The largest absolute Gasteiger partial charge is 0.355 e. The molecule has 6 heteroatoms. The Bertz CT molecular complexity index is 600. The lowest BCUT2D eigenvalue weighted by Crippen LogP contribution is -2.50. The summed E-state index contributed by atoms with van der Waals surface area (Å²) in [4.78, 5) is 29.9. The number of piperidine rings is 1. The van der Waals surface area contributed by atoms with Gasteiger partial charge >= 0.3 is 0 Å². The summed E-state index contributed by atoms with van der Waals surface area (Å²) in [6.07, 6.45) is 8.45. The molecule has 0 saturated carbocycles. The first-order chi connectivity index (χ1) is 11.1. The summed E-state index contributed by atoms with van der Waals surface area (Å²) in [6.45, 7) is 3.36. The van der Waals surface area contributed by atoms with Crippen molar-refractivity contribution in [1.82, 2.24) is 15.2 Å². The molecule has 124 valence electrons. The molecular formula is C17H24N4O2. The Labute approximate surface area is 136 Å². The van der Waals surface area contributed by atoms with Gasteiger partial charge in [-0.2, -0.15) is 0 Å². The maximum atomic E-state index is 12.4. The van der Waals surface area contributed by atoms with Crippen LogP contribution in [0.25, 0.3) is 6.08 Å². The fraction of sp³-hybridized carbons (Fsp3) is 0.471. The van der Waals surface area contributed by atoms with Crippen LogP contribution in [0.5, 0.6) is 0 Å². The van der Waals surface area contributed by atoms with Gasteiger partial charge in [-0.1, -0.05) is 6.92 Å². The molecule has 1 saturated heterocycles. The summed E-state index contributed by atoms with van der Waals surface area (Å²) >= 11 is 0. The van der Waals surface area contributed by atoms with Crippen LogP contribution in [0.15, 0.2) is 24.5 Å². The smallest absolute Gasteiger partial charge is 0.252 e. The Hall–Kier alpha value is -2.21. The van der Waals surface area contributed by atoms with Crippen LogP contribution < -0.4 is 11.1 Å². The first-order valence-electron chi connectivity index (χ1n) is 7.92. The number of likely N-dealkylation sites (tertiary alicyclic amines) is 1. The van der Waals surface area contributed by atoms with Gasteiger partial charge in [0.05, 0.1) is 5.56 Å². The van der Waals surface area contributed by atoms with Gasteiger partial charge in [0.2, 0.25) is 5.91 Å². The SMILES string of the molecule is CNC(=O)c1cncc(C=CC(=O)N2CCCC(C)C2CN)c1. The molecule has 0 spiro atoms. The zero-order valence-corrected chi connectivity index (χ0v) is 13.7. The Morgan fingerprint density at radius 2 is 2.26 bits per heavy atom. The normalized spacial score (nSPS) is 21.4. The number of hydrogen-bond acceptors (Lipinski definition) is 4. The van der Waals surface area contributed by atoms with Crippen LogP contribution in [-0.4, -0.2) is 47.9 Å². The van der Waals surface area contributed by atoms with Gasteiger partial charge in [0.25, 0.3) is 5.91 Å². The molecule has 2 atom stereocenters. The van der Waals surface area contributed by atoms with E-state index in [1.54, 1.807) is 25.4 Å². The lowest BCUT2D eigenvalue weighted by atomic mass is 9.90. The third-order valence-electron chi connectivity index (χ3n) is 4.31. The number of carbonyl (C=O) groups is 2. The quantitative estimate of drug-likeness (QED) is 0.812. The molecule has 2 amide bonds. The van der Waals surface area contributed by atoms with E-state index in [0.29, 0.717) is 23.6 Å². The lowest BCUT2D eigenvalue weighted by Gasteiger charge is -2.38. The molecule has 1 aromatic heterocycles. The maximum absolute atomic E-state index is 12.4. The minimum Gasteiger partial charge on any atom is -0.355 e. The molecule has 0 bridgehead atoms. The van der Waals surface area contributed by atoms with E-state index < -0.39 is 0 Å². The van der Waals surface area contributed by atoms with Crippen molar-refractivity contribution in [2.45, 2.75) is 25.8 Å². The molecule has 2 unspecified atom stereocenters. The second kappa shape index (κ2) is 7.87. The molecule has 1 aliphatic rings. The second-order valence-corrected chi connectivity index (χ2v) is 5.87. The monoisotopic (exact) mass is 316 g/mol. The van der Waals surface area contributed by atoms with E-state index in [1.165, 1.54) is 12.3 Å². The van der Waals surface area contributed by atoms with Crippen LogP contribution in [0.4, 0.5) is 0 Å². The highest BCUT2D eigenvalue weighted by atomic mass is 16.2. The molecule has 1 fully saturated rings. The zero-order chi connectivity index (χ0) is 16.8. The molecule has 0 aliphatic carbocycles. The predicted molar refractivity (Wildman–Crippen MR) is 89.6 cm³/mol. The third kappa shape index (κ3) is 4.16. The van der Waals surface area contributed by atoms with Crippen LogP contribution in [0.3, 0.4) is 0 Å². The van der Waals surface area contributed by atoms with Gasteiger partial charge in [-0.15, -0.1) is 0 Å². The minimum atomic E-state index is -0.202. The number of pyridine rings is 1. The van der Waals surface area contributed by atoms with E-state index in [-0.39, 0.29) is 17.9 Å². The molecule has 1 aromatic rings. The minimum absolute atomic E-state index is 0.0441. The highest BCUT2D eigenvalue weighted by molar-refractivity contribution is 5.95. The molecule has 3 N–H and O–H groups in total. The number of hydrogen-bond donors (Lipinski definition) is 2. The van der Waals surface area contributed by atoms with Gasteiger partial charge < -0.3 is 16.0 Å². The van der Waals surface area contributed by atoms with Gasteiger partial charge in [0, 0.05) is 44.6 Å². The molecule has 1 aliphatic heterocycles. The van der Waals surface area contributed by atoms with Crippen molar-refractivity contribution in [2.75, 3.05) is 20.1 Å². The summed E-state index contributed by atoms with van der Waals surface area (Å²) in [5.41, 5.74) is 7.01. The average molecular weight is 316 g/mol. The van der Waals surface area contributed by atoms with E-state index in [4.69, 9.17) is 5.73 Å². The maximum Gasteiger partial charge on any atom is 0.252 e. The molecule has 2 heterocycles. The summed E-state index contributed by atoms with van der Waals surface area (Å²) in [6, 6.07) is 1.80. The summed E-state index contributed by atoms with van der Waals surface area (Å²) in [5.74, 6) is 0.175. The summed E-state index contributed by atoms with van der Waals surface area (Å²) < 4.78 is 0. The zero-order valence-electron chi connectivity index (χ0n) is 13.7. The van der Waals surface area contributed by atoms with E-state index in [2.05, 4.69) is 17.2 Å². The van der Waals surface area contributed by atoms with Crippen molar-refractivity contribution in [3.8, 4) is 0 Å². The number of nitrogens with one attached hydrogen (secondary N) is 1. The van der Waals surface area contributed by atoms with Gasteiger partial charge in [-0.25, -0.2) is 0 Å². The van der Waals surface area contributed by atoms with Crippen molar-refractivity contribution in [1.29, 1.82) is 0 Å². The molecule has 0 aromatic carbocycles. The molecule has 23 heavy (non-hydrogen) atoms. The van der Waals surface area contributed by atoms with Crippen LogP contribution >= 0.6 is 0 Å². The Morgan fingerprint density at radius 3 is 2.96 bits per heavy atom. The predicted octanol–water partition coefficient (Wildman–Crippen LogP) is 1.04. The summed E-state index contributed by atoms with van der Waals surface area (Å²) in [5, 5.41) is 2.55. The number of rotatable bonds is 4. The summed E-state index contributed by atoms with van der Waals surface area (Å²) in [7, 11) is 1.57. The van der Waals surface area contributed by atoms with E-state index in [0.717, 1.165) is 19.4 Å². The highest BCUT2D eigenvalue weighted by Gasteiger charge is 2.29. The van der Waals surface area contributed by atoms with Crippen LogP contribution in [-0.2, 0) is 4.79 Å². The van der Waals surface area contributed by atoms with Gasteiger partial charge in [0.1, 0.15) is 0 Å². The second-order valence-electron chi connectivity index (χ2n) is 5.87. The van der Waals surface area contributed by atoms with Crippen molar-refractivity contribution in [3.05, 3.63) is 35.7 Å². The highest BCUT2D eigenvalue weighted by Crippen LogP contribution is 2.23. The van der Waals surface area contributed by atoms with E-state index in [1.807, 2.05) is 4.90 Å². The number of aromatic nitrogens is 1. The van der Waals surface area contributed by atoms with Crippen molar-refractivity contribution >= 4 is 17.9 Å². The van der Waals surface area contributed by atoms with Crippen molar-refractivity contribution in [3.63, 3.8) is 0 Å². The molecular weight excluding hydrogens is 292 g/mol. The van der Waals surface area contributed by atoms with Crippen LogP contribution in [0.2, 0.25) is 0 Å². The van der Waals surface area contributed by atoms with E-state index in [9.17, 15) is 9.59 Å². The van der Waals surface area contributed by atoms with Gasteiger partial charge in [-0.3, -0.25) is 14.6 Å². The van der Waals surface area contributed by atoms with Crippen molar-refractivity contribution < 1.29 is 9.59 Å². The number of amides is 2. The third-order valence-corrected chi connectivity index (χ3v) is 4.31. The standard InChI is InChI=1S/C17H24N4O2/c1-12-4-3-7-21(15(12)9-18)16(22)6-5-13-8-14(11-20-10-13)17(23)19-2/h5-6,8,10-12,15H,3-4,7,9,18H2,1-2H3,(H,19,23).